The van der Waals surface area contributed by atoms with Crippen molar-refractivity contribution in [1.82, 2.24) is 14.6 Å². The fourth-order valence-corrected chi connectivity index (χ4v) is 1.45. The molecule has 0 aliphatic carbocycles. The number of rotatable bonds is 0. The maximum Gasteiger partial charge on any atom is 0 e. The normalized spacial score (nSPS) is 9.55. The van der Waals surface area contributed by atoms with Crippen LogP contribution in [0.4, 0.5) is 0 Å². The van der Waals surface area contributed by atoms with E-state index in [-0.39, 0.29) is 32.7 Å². The van der Waals surface area contributed by atoms with E-state index in [1.54, 1.807) is 6.20 Å². The van der Waals surface area contributed by atoms with Crippen molar-refractivity contribution in [1.29, 1.82) is 0 Å². The summed E-state index contributed by atoms with van der Waals surface area (Å²) in [6, 6.07) is 2.95. The van der Waals surface area contributed by atoms with E-state index in [9.17, 15) is 0 Å². The summed E-state index contributed by atoms with van der Waals surface area (Å²) < 4.78 is 5.08. The van der Waals surface area contributed by atoms with Crippen molar-refractivity contribution in [2.45, 2.75) is 6.92 Å². The summed E-state index contributed by atoms with van der Waals surface area (Å²) in [5.41, 5.74) is 1.80. The number of aryl methyl sites for hydroxylation is 1. The van der Waals surface area contributed by atoms with Gasteiger partial charge in [-0.2, -0.15) is 5.10 Å². The SMILES string of the molecule is Cc1nsc2[c-]cnnc12.[Y]. The number of aromatic nitrogens is 3. The van der Waals surface area contributed by atoms with E-state index in [1.165, 1.54) is 11.5 Å². The van der Waals surface area contributed by atoms with Gasteiger partial charge in [-0.1, -0.05) is 16.2 Å². The minimum absolute atomic E-state index is 0. The molecule has 0 spiro atoms. The molecule has 3 nitrogen and oxygen atoms in total. The van der Waals surface area contributed by atoms with Gasteiger partial charge in [0.2, 0.25) is 0 Å². The standard InChI is InChI=1S/C6H4N3S.Y/c1-4-6-5(10-9-4)2-3-7-8-6;/h3H,1H3;/q-1;. The molecule has 0 amide bonds. The van der Waals surface area contributed by atoms with Gasteiger partial charge in [-0.3, -0.25) is 0 Å². The Morgan fingerprint density at radius 3 is 3.09 bits per heavy atom. The second kappa shape index (κ2) is 3.65. The number of nitrogens with zero attached hydrogens (tertiary/aromatic N) is 3. The maximum absolute atomic E-state index is 4.10. The van der Waals surface area contributed by atoms with Gasteiger partial charge in [0, 0.05) is 32.7 Å². The summed E-state index contributed by atoms with van der Waals surface area (Å²) in [5.74, 6) is 0. The topological polar surface area (TPSA) is 38.7 Å². The van der Waals surface area contributed by atoms with Crippen molar-refractivity contribution in [3.8, 4) is 0 Å². The number of hydrogen-bond donors (Lipinski definition) is 0. The molecule has 0 N–H and O–H groups in total. The van der Waals surface area contributed by atoms with E-state index >= 15 is 0 Å². The van der Waals surface area contributed by atoms with Gasteiger partial charge in [-0.15, -0.1) is 0 Å². The van der Waals surface area contributed by atoms with Crippen LogP contribution in [0.1, 0.15) is 5.69 Å². The van der Waals surface area contributed by atoms with Crippen LogP contribution in [0.5, 0.6) is 0 Å². The molecule has 0 aliphatic rings. The van der Waals surface area contributed by atoms with E-state index in [0.717, 1.165) is 15.9 Å². The zero-order valence-corrected chi connectivity index (χ0v) is 9.56. The molecule has 2 rings (SSSR count). The first-order chi connectivity index (χ1) is 4.88. The summed E-state index contributed by atoms with van der Waals surface area (Å²) in [5, 5.41) is 7.61. The van der Waals surface area contributed by atoms with Crippen LogP contribution in [0, 0.1) is 13.0 Å². The average molecular weight is 239 g/mol. The molecule has 0 aliphatic heterocycles. The second-order valence-electron chi connectivity index (χ2n) is 1.93. The van der Waals surface area contributed by atoms with E-state index in [4.69, 9.17) is 0 Å². The Morgan fingerprint density at radius 1 is 1.55 bits per heavy atom. The van der Waals surface area contributed by atoms with Crippen molar-refractivity contribution in [2.75, 3.05) is 0 Å². The fourth-order valence-electron chi connectivity index (χ4n) is 0.751. The summed E-state index contributed by atoms with van der Waals surface area (Å²) in [6.45, 7) is 1.92. The van der Waals surface area contributed by atoms with E-state index < -0.39 is 0 Å². The first-order valence-corrected chi connectivity index (χ1v) is 3.60. The Hall–Kier alpha value is 0.0739. The predicted octanol–water partition coefficient (Wildman–Crippen LogP) is 1.19. The smallest absolute Gasteiger partial charge is 0 e. The van der Waals surface area contributed by atoms with Crippen LogP contribution in [0.2, 0.25) is 0 Å². The van der Waals surface area contributed by atoms with Crippen molar-refractivity contribution >= 4 is 21.7 Å². The molecule has 0 unspecified atom stereocenters. The molecule has 0 saturated carbocycles. The molecule has 0 aromatic carbocycles. The Morgan fingerprint density at radius 2 is 2.36 bits per heavy atom. The van der Waals surface area contributed by atoms with Crippen LogP contribution in [-0.2, 0) is 32.7 Å². The molecular formula is C6H4N3SY-. The van der Waals surface area contributed by atoms with E-state index in [1.807, 2.05) is 6.92 Å². The molecule has 2 aromatic rings. The van der Waals surface area contributed by atoms with Gasteiger partial charge in [0.1, 0.15) is 0 Å². The summed E-state index contributed by atoms with van der Waals surface area (Å²) in [4.78, 5) is 0. The molecule has 2 heterocycles. The summed E-state index contributed by atoms with van der Waals surface area (Å²) in [7, 11) is 0. The largest absolute Gasteiger partial charge is 0.248 e. The van der Waals surface area contributed by atoms with Crippen LogP contribution in [0.15, 0.2) is 6.20 Å². The summed E-state index contributed by atoms with van der Waals surface area (Å²) in [6.07, 6.45) is 1.56. The van der Waals surface area contributed by atoms with Gasteiger partial charge < -0.3 is 0 Å². The molecule has 53 valence electrons. The fraction of sp³-hybridized carbons (Fsp3) is 0.167. The van der Waals surface area contributed by atoms with Crippen LogP contribution in [0.25, 0.3) is 10.2 Å². The second-order valence-corrected chi connectivity index (χ2v) is 2.71. The van der Waals surface area contributed by atoms with Gasteiger partial charge in [-0.25, -0.2) is 15.5 Å². The molecule has 0 bridgehead atoms. The molecule has 0 saturated heterocycles. The molecule has 0 atom stereocenters. The Labute approximate surface area is 93.3 Å². The first kappa shape index (κ1) is 9.16. The van der Waals surface area contributed by atoms with Crippen LogP contribution < -0.4 is 0 Å². The Bertz CT molecular complexity index is 359. The predicted molar refractivity (Wildman–Crippen MR) is 38.8 cm³/mol. The zero-order chi connectivity index (χ0) is 6.97. The van der Waals surface area contributed by atoms with Gasteiger partial charge in [-0.05, 0) is 24.3 Å². The number of fused-ring (bicyclic) bond motifs is 1. The van der Waals surface area contributed by atoms with Crippen molar-refractivity contribution < 1.29 is 32.7 Å². The third kappa shape index (κ3) is 1.63. The van der Waals surface area contributed by atoms with Crippen LogP contribution in [0.3, 0.4) is 0 Å². The summed E-state index contributed by atoms with van der Waals surface area (Å²) >= 11 is 1.41. The minimum atomic E-state index is 0. The van der Waals surface area contributed by atoms with Crippen molar-refractivity contribution in [3.63, 3.8) is 0 Å². The molecule has 2 aromatic heterocycles. The Kier molecular flexibility index (Phi) is 3.04. The van der Waals surface area contributed by atoms with Gasteiger partial charge >= 0.3 is 0 Å². The van der Waals surface area contributed by atoms with E-state index in [0.29, 0.717) is 0 Å². The van der Waals surface area contributed by atoms with Gasteiger partial charge in [0.15, 0.2) is 0 Å². The van der Waals surface area contributed by atoms with E-state index in [2.05, 4.69) is 20.6 Å². The van der Waals surface area contributed by atoms with Gasteiger partial charge in [0.25, 0.3) is 0 Å². The zero-order valence-electron chi connectivity index (χ0n) is 5.90. The monoisotopic (exact) mass is 239 g/mol. The third-order valence-corrected chi connectivity index (χ3v) is 2.10. The van der Waals surface area contributed by atoms with Crippen LogP contribution >= 0.6 is 11.5 Å². The molecule has 11 heavy (non-hydrogen) atoms. The quantitative estimate of drug-likeness (QED) is 0.648. The van der Waals surface area contributed by atoms with Gasteiger partial charge in [0.05, 0.1) is 0 Å². The van der Waals surface area contributed by atoms with Crippen molar-refractivity contribution in [3.05, 3.63) is 18.0 Å². The number of hydrogen-bond acceptors (Lipinski definition) is 4. The minimum Gasteiger partial charge on any atom is -0.248 e. The maximum atomic E-state index is 4.10. The Balaban J connectivity index is 0.000000605. The molecular weight excluding hydrogens is 235 g/mol. The van der Waals surface area contributed by atoms with Crippen molar-refractivity contribution in [2.24, 2.45) is 0 Å². The molecule has 0 fully saturated rings. The average Bonchev–Trinajstić information content (AvgIpc) is 2.34. The molecule has 1 radical (unpaired) electrons. The molecule has 5 heteroatoms. The third-order valence-electron chi connectivity index (χ3n) is 1.24. The van der Waals surface area contributed by atoms with Crippen LogP contribution in [-0.4, -0.2) is 14.6 Å². The first-order valence-electron chi connectivity index (χ1n) is 2.83.